The first-order valence-electron chi connectivity index (χ1n) is 9.73. The van der Waals surface area contributed by atoms with Gasteiger partial charge in [-0.15, -0.1) is 0 Å². The summed E-state index contributed by atoms with van der Waals surface area (Å²) in [4.78, 5) is 23.7. The van der Waals surface area contributed by atoms with E-state index in [1.165, 1.54) is 13.3 Å². The van der Waals surface area contributed by atoms with Crippen molar-refractivity contribution in [2.75, 3.05) is 0 Å². The minimum atomic E-state index is -0.154. The van der Waals surface area contributed by atoms with Crippen molar-refractivity contribution in [2.24, 2.45) is 34.5 Å². The lowest BCUT2D eigenvalue weighted by atomic mass is 9.47. The Bertz CT molecular complexity index is 594. The number of fused-ring (bicyclic) bond motifs is 5. The van der Waals surface area contributed by atoms with E-state index >= 15 is 0 Å². The maximum absolute atomic E-state index is 12.4. The molecule has 0 N–H and O–H groups in total. The van der Waals surface area contributed by atoms with Gasteiger partial charge in [-0.05, 0) is 67.6 Å². The van der Waals surface area contributed by atoms with Gasteiger partial charge in [0.1, 0.15) is 11.9 Å². The van der Waals surface area contributed by atoms with E-state index in [0.717, 1.165) is 38.5 Å². The number of hydrogen-bond acceptors (Lipinski definition) is 3. The van der Waals surface area contributed by atoms with E-state index in [0.29, 0.717) is 34.9 Å². The molecule has 24 heavy (non-hydrogen) atoms. The molecule has 7 atom stereocenters. The fourth-order valence-corrected chi connectivity index (χ4v) is 6.70. The molecule has 0 bridgehead atoms. The van der Waals surface area contributed by atoms with E-state index in [1.54, 1.807) is 0 Å². The Balaban J connectivity index is 1.60. The Labute approximate surface area is 145 Å². The van der Waals surface area contributed by atoms with Gasteiger partial charge in [-0.1, -0.05) is 26.0 Å². The van der Waals surface area contributed by atoms with Gasteiger partial charge in [0.2, 0.25) is 0 Å². The summed E-state index contributed by atoms with van der Waals surface area (Å²) in [6, 6.07) is 0. The van der Waals surface area contributed by atoms with Gasteiger partial charge in [0.25, 0.3) is 0 Å². The lowest BCUT2D eigenvalue weighted by Crippen LogP contribution is -2.52. The van der Waals surface area contributed by atoms with Crippen LogP contribution in [0.1, 0.15) is 65.7 Å². The van der Waals surface area contributed by atoms with Gasteiger partial charge in [-0.2, -0.15) is 0 Å². The van der Waals surface area contributed by atoms with Crippen LogP contribution in [0.25, 0.3) is 0 Å². The minimum Gasteiger partial charge on any atom is -0.463 e. The maximum Gasteiger partial charge on any atom is 0.302 e. The highest BCUT2D eigenvalue weighted by molar-refractivity contribution is 5.87. The molecule has 0 heterocycles. The van der Waals surface area contributed by atoms with Crippen molar-refractivity contribution < 1.29 is 14.3 Å². The smallest absolute Gasteiger partial charge is 0.302 e. The van der Waals surface area contributed by atoms with Crippen molar-refractivity contribution in [2.45, 2.75) is 71.8 Å². The molecule has 0 aromatic carbocycles. The van der Waals surface area contributed by atoms with Crippen LogP contribution in [-0.2, 0) is 14.3 Å². The molecule has 0 unspecified atom stereocenters. The first-order chi connectivity index (χ1) is 11.3. The van der Waals surface area contributed by atoms with Crippen LogP contribution in [0.3, 0.4) is 0 Å². The zero-order valence-corrected chi connectivity index (χ0v) is 15.2. The standard InChI is InChI=1S/C21H30O3/c1-13(22)24-15-8-10-20(2)14(12-15)4-5-16-17-6-7-19(23)21(17,3)11-9-18(16)20/h4-5,14-18H,6-12H2,1-3H3/t14-,15-,16-,17-,18-,20-,21-/m0/s1. The molecule has 4 aliphatic carbocycles. The lowest BCUT2D eigenvalue weighted by Gasteiger charge is -2.57. The highest BCUT2D eigenvalue weighted by Gasteiger charge is 2.59. The van der Waals surface area contributed by atoms with Gasteiger partial charge >= 0.3 is 5.97 Å². The normalized spacial score (nSPS) is 50.0. The van der Waals surface area contributed by atoms with Gasteiger partial charge in [0.05, 0.1) is 0 Å². The third kappa shape index (κ3) is 2.23. The number of esters is 1. The average Bonchev–Trinajstić information content (AvgIpc) is 2.83. The average molecular weight is 330 g/mol. The first kappa shape index (κ1) is 16.4. The third-order valence-electron chi connectivity index (χ3n) is 8.16. The number of rotatable bonds is 1. The molecular formula is C21H30O3. The predicted molar refractivity (Wildman–Crippen MR) is 92.2 cm³/mol. The van der Waals surface area contributed by atoms with Crippen molar-refractivity contribution in [3.8, 4) is 0 Å². The van der Waals surface area contributed by atoms with E-state index in [2.05, 4.69) is 26.0 Å². The molecule has 0 aliphatic heterocycles. The summed E-state index contributed by atoms with van der Waals surface area (Å²) < 4.78 is 5.50. The zero-order chi connectivity index (χ0) is 17.1. The third-order valence-corrected chi connectivity index (χ3v) is 8.16. The van der Waals surface area contributed by atoms with E-state index in [4.69, 9.17) is 4.74 Å². The zero-order valence-electron chi connectivity index (χ0n) is 15.2. The minimum absolute atomic E-state index is 0.0658. The van der Waals surface area contributed by atoms with Crippen molar-refractivity contribution >= 4 is 11.8 Å². The summed E-state index contributed by atoms with van der Waals surface area (Å²) in [7, 11) is 0. The molecule has 4 rings (SSSR count). The number of hydrogen-bond donors (Lipinski definition) is 0. The molecule has 0 aromatic rings. The van der Waals surface area contributed by atoms with E-state index < -0.39 is 0 Å². The summed E-state index contributed by atoms with van der Waals surface area (Å²) in [5, 5.41) is 0. The number of ether oxygens (including phenoxy) is 1. The van der Waals surface area contributed by atoms with Gasteiger partial charge in [-0.25, -0.2) is 0 Å². The fraction of sp³-hybridized carbons (Fsp3) is 0.810. The molecule has 0 aromatic heterocycles. The molecule has 0 amide bonds. The second-order valence-electron chi connectivity index (χ2n) is 9.21. The fourth-order valence-electron chi connectivity index (χ4n) is 6.70. The van der Waals surface area contributed by atoms with E-state index in [9.17, 15) is 9.59 Å². The number of allylic oxidation sites excluding steroid dienone is 2. The van der Waals surface area contributed by atoms with Crippen LogP contribution >= 0.6 is 0 Å². The van der Waals surface area contributed by atoms with Gasteiger partial charge in [0.15, 0.2) is 0 Å². The van der Waals surface area contributed by atoms with Crippen LogP contribution in [-0.4, -0.2) is 17.9 Å². The second kappa shape index (κ2) is 5.44. The second-order valence-corrected chi connectivity index (χ2v) is 9.21. The van der Waals surface area contributed by atoms with Crippen molar-refractivity contribution in [3.05, 3.63) is 12.2 Å². The van der Waals surface area contributed by atoms with Gasteiger partial charge in [0, 0.05) is 18.8 Å². The number of carbonyl (C=O) groups excluding carboxylic acids is 2. The largest absolute Gasteiger partial charge is 0.463 e. The number of Topliss-reactive ketones (excluding diaryl/α,β-unsaturated/α-hetero) is 1. The molecule has 3 heteroatoms. The topological polar surface area (TPSA) is 43.4 Å². The molecule has 4 aliphatic rings. The summed E-state index contributed by atoms with van der Waals surface area (Å²) >= 11 is 0. The van der Waals surface area contributed by atoms with E-state index in [-0.39, 0.29) is 17.5 Å². The highest BCUT2D eigenvalue weighted by atomic mass is 16.5. The molecule has 0 radical (unpaired) electrons. The molecule has 0 spiro atoms. The van der Waals surface area contributed by atoms with Crippen LogP contribution in [0.2, 0.25) is 0 Å². The van der Waals surface area contributed by atoms with Crippen LogP contribution in [0.4, 0.5) is 0 Å². The SMILES string of the molecule is CC(=O)O[C@H]1CC[C@@]2(C)[C@@H](C=C[C@@H]3[C@@H]2CC[C@]2(C)C(=O)CC[C@@H]32)C1. The lowest BCUT2D eigenvalue weighted by molar-refractivity contribution is -0.152. The molecule has 132 valence electrons. The quantitative estimate of drug-likeness (QED) is 0.531. The first-order valence-corrected chi connectivity index (χ1v) is 9.73. The van der Waals surface area contributed by atoms with Crippen molar-refractivity contribution in [1.82, 2.24) is 0 Å². The van der Waals surface area contributed by atoms with Crippen LogP contribution in [0.5, 0.6) is 0 Å². The maximum atomic E-state index is 12.4. The summed E-state index contributed by atoms with van der Waals surface area (Å²) in [5.74, 6) is 2.67. The highest BCUT2D eigenvalue weighted by Crippen LogP contribution is 2.63. The molecular weight excluding hydrogens is 300 g/mol. The Morgan fingerprint density at radius 1 is 1.12 bits per heavy atom. The van der Waals surface area contributed by atoms with Crippen LogP contribution < -0.4 is 0 Å². The van der Waals surface area contributed by atoms with Crippen molar-refractivity contribution in [1.29, 1.82) is 0 Å². The molecule has 3 nitrogen and oxygen atoms in total. The van der Waals surface area contributed by atoms with Gasteiger partial charge in [-0.3, -0.25) is 9.59 Å². The van der Waals surface area contributed by atoms with Crippen LogP contribution in [0, 0.1) is 34.5 Å². The van der Waals surface area contributed by atoms with Gasteiger partial charge < -0.3 is 4.74 Å². The van der Waals surface area contributed by atoms with Crippen molar-refractivity contribution in [3.63, 3.8) is 0 Å². The summed E-state index contributed by atoms with van der Waals surface area (Å²) in [5.41, 5.74) is 0.243. The Morgan fingerprint density at radius 3 is 2.67 bits per heavy atom. The number of ketones is 1. The summed E-state index contributed by atoms with van der Waals surface area (Å²) in [6.07, 6.45) is 12.1. The summed E-state index contributed by atoms with van der Waals surface area (Å²) in [6.45, 7) is 6.20. The predicted octanol–water partition coefficient (Wildman–Crippen LogP) is 4.31. The Kier molecular flexibility index (Phi) is 3.71. The number of carbonyl (C=O) groups is 2. The Morgan fingerprint density at radius 2 is 1.92 bits per heavy atom. The monoisotopic (exact) mass is 330 g/mol. The van der Waals surface area contributed by atoms with E-state index in [1.807, 2.05) is 0 Å². The van der Waals surface area contributed by atoms with Crippen LogP contribution in [0.15, 0.2) is 12.2 Å². The molecule has 0 saturated heterocycles. The Hall–Kier alpha value is -1.12. The molecule has 3 fully saturated rings. The molecule has 3 saturated carbocycles.